The summed E-state index contributed by atoms with van der Waals surface area (Å²) in [6.45, 7) is 2.73. The molecule has 1 amide bonds. The Bertz CT molecular complexity index is 825. The van der Waals surface area contributed by atoms with Crippen LogP contribution in [-0.4, -0.2) is 27.7 Å². The van der Waals surface area contributed by atoms with Gasteiger partial charge in [-0.2, -0.15) is 0 Å². The van der Waals surface area contributed by atoms with Crippen LogP contribution >= 0.6 is 11.3 Å². The van der Waals surface area contributed by atoms with Gasteiger partial charge in [0, 0.05) is 18.0 Å². The summed E-state index contributed by atoms with van der Waals surface area (Å²) in [4.78, 5) is 16.3. The highest BCUT2D eigenvalue weighted by Gasteiger charge is 2.13. The highest BCUT2D eigenvalue weighted by atomic mass is 32.1. The van der Waals surface area contributed by atoms with E-state index in [4.69, 9.17) is 9.47 Å². The first-order valence-corrected chi connectivity index (χ1v) is 8.50. The van der Waals surface area contributed by atoms with Crippen molar-refractivity contribution in [1.82, 2.24) is 15.2 Å². The van der Waals surface area contributed by atoms with Crippen molar-refractivity contribution < 1.29 is 14.3 Å². The van der Waals surface area contributed by atoms with Crippen LogP contribution < -0.4 is 14.8 Å². The standard InChI is InChI=1S/C17H16N4O3S/c1-2-23-15-9-13(16(22)20-17-21-19-11-25-17)3-4-14(15)24-10-12-5-7-18-8-6-12/h3-9,11H,2,10H2,1H3,(H,20,21,22). The molecule has 0 aliphatic heterocycles. The minimum absolute atomic E-state index is 0.279. The summed E-state index contributed by atoms with van der Waals surface area (Å²) in [5, 5.41) is 10.6. The number of hydrogen-bond donors (Lipinski definition) is 1. The monoisotopic (exact) mass is 356 g/mol. The zero-order valence-electron chi connectivity index (χ0n) is 13.5. The highest BCUT2D eigenvalue weighted by molar-refractivity contribution is 7.13. The molecule has 0 bridgehead atoms. The first-order valence-electron chi connectivity index (χ1n) is 7.62. The Morgan fingerprint density at radius 3 is 2.72 bits per heavy atom. The molecule has 3 aromatic rings. The third-order valence-electron chi connectivity index (χ3n) is 3.23. The minimum atomic E-state index is -0.279. The van der Waals surface area contributed by atoms with Crippen LogP contribution in [0.1, 0.15) is 22.8 Å². The van der Waals surface area contributed by atoms with E-state index in [1.54, 1.807) is 36.1 Å². The van der Waals surface area contributed by atoms with Gasteiger partial charge in [-0.15, -0.1) is 10.2 Å². The molecule has 0 unspecified atom stereocenters. The number of anilines is 1. The Hall–Kier alpha value is -3.00. The lowest BCUT2D eigenvalue weighted by molar-refractivity contribution is 0.102. The highest BCUT2D eigenvalue weighted by Crippen LogP contribution is 2.29. The van der Waals surface area contributed by atoms with Crippen LogP contribution in [0.15, 0.2) is 48.2 Å². The number of hydrogen-bond acceptors (Lipinski definition) is 7. The van der Waals surface area contributed by atoms with Gasteiger partial charge in [0.2, 0.25) is 5.13 Å². The third-order valence-corrected chi connectivity index (χ3v) is 3.84. The molecule has 0 aliphatic carbocycles. The van der Waals surface area contributed by atoms with Crippen molar-refractivity contribution >= 4 is 22.4 Å². The molecule has 2 heterocycles. The van der Waals surface area contributed by atoms with Gasteiger partial charge in [-0.05, 0) is 42.8 Å². The summed E-state index contributed by atoms with van der Waals surface area (Å²) in [6, 6.07) is 8.82. The molecule has 0 radical (unpaired) electrons. The first kappa shape index (κ1) is 16.8. The minimum Gasteiger partial charge on any atom is -0.490 e. The molecule has 1 aromatic carbocycles. The van der Waals surface area contributed by atoms with Crippen molar-refractivity contribution in [2.45, 2.75) is 13.5 Å². The van der Waals surface area contributed by atoms with Crippen molar-refractivity contribution in [2.75, 3.05) is 11.9 Å². The second-order valence-electron chi connectivity index (χ2n) is 4.94. The second-order valence-corrected chi connectivity index (χ2v) is 5.77. The van der Waals surface area contributed by atoms with Crippen LogP contribution in [-0.2, 0) is 6.61 Å². The van der Waals surface area contributed by atoms with Crippen molar-refractivity contribution in [1.29, 1.82) is 0 Å². The Morgan fingerprint density at radius 2 is 2.00 bits per heavy atom. The maximum Gasteiger partial charge on any atom is 0.257 e. The number of nitrogens with zero attached hydrogens (tertiary/aromatic N) is 3. The lowest BCUT2D eigenvalue weighted by Gasteiger charge is -2.13. The zero-order valence-corrected chi connectivity index (χ0v) is 14.3. The number of pyridine rings is 1. The largest absolute Gasteiger partial charge is 0.490 e. The van der Waals surface area contributed by atoms with E-state index in [2.05, 4.69) is 20.5 Å². The van der Waals surface area contributed by atoms with E-state index < -0.39 is 0 Å². The van der Waals surface area contributed by atoms with Crippen molar-refractivity contribution in [3.05, 3.63) is 59.4 Å². The number of benzene rings is 1. The molecule has 1 N–H and O–H groups in total. The summed E-state index contributed by atoms with van der Waals surface area (Å²) >= 11 is 1.25. The fraction of sp³-hybridized carbons (Fsp3) is 0.176. The third kappa shape index (κ3) is 4.51. The smallest absolute Gasteiger partial charge is 0.257 e. The van der Waals surface area contributed by atoms with Crippen LogP contribution in [0.4, 0.5) is 5.13 Å². The van der Waals surface area contributed by atoms with E-state index in [1.165, 1.54) is 11.3 Å². The maximum absolute atomic E-state index is 12.3. The molecule has 0 saturated carbocycles. The van der Waals surface area contributed by atoms with Gasteiger partial charge in [0.05, 0.1) is 6.61 Å². The van der Waals surface area contributed by atoms with Crippen LogP contribution in [0.5, 0.6) is 11.5 Å². The SMILES string of the molecule is CCOc1cc(C(=O)Nc2nncs2)ccc1OCc1ccncc1. The number of ether oxygens (including phenoxy) is 2. The van der Waals surface area contributed by atoms with Crippen LogP contribution in [0.2, 0.25) is 0 Å². The van der Waals surface area contributed by atoms with E-state index in [0.29, 0.717) is 35.4 Å². The van der Waals surface area contributed by atoms with Crippen LogP contribution in [0.25, 0.3) is 0 Å². The summed E-state index contributed by atoms with van der Waals surface area (Å²) in [6.07, 6.45) is 3.42. The number of amides is 1. The van der Waals surface area contributed by atoms with Gasteiger partial charge < -0.3 is 9.47 Å². The Labute approximate surface area is 148 Å². The number of nitrogens with one attached hydrogen (secondary N) is 1. The van der Waals surface area contributed by atoms with E-state index in [9.17, 15) is 4.79 Å². The Morgan fingerprint density at radius 1 is 1.16 bits per heavy atom. The Balaban J connectivity index is 1.74. The molecule has 0 atom stereocenters. The molecule has 8 heteroatoms. The fourth-order valence-electron chi connectivity index (χ4n) is 2.07. The van der Waals surface area contributed by atoms with Gasteiger partial charge >= 0.3 is 0 Å². The normalized spacial score (nSPS) is 10.3. The molecule has 128 valence electrons. The molecule has 2 aromatic heterocycles. The van der Waals surface area contributed by atoms with Gasteiger partial charge in [0.15, 0.2) is 11.5 Å². The van der Waals surface area contributed by atoms with E-state index in [-0.39, 0.29) is 5.91 Å². The average Bonchev–Trinajstić information content (AvgIpc) is 3.14. The lowest BCUT2D eigenvalue weighted by atomic mass is 10.2. The first-order chi connectivity index (χ1) is 12.3. The molecule has 25 heavy (non-hydrogen) atoms. The summed E-state index contributed by atoms with van der Waals surface area (Å²) < 4.78 is 11.4. The van der Waals surface area contributed by atoms with Crippen molar-refractivity contribution in [3.8, 4) is 11.5 Å². The van der Waals surface area contributed by atoms with E-state index >= 15 is 0 Å². The topological polar surface area (TPSA) is 86.2 Å². The number of carbonyl (C=O) groups excluding carboxylic acids is 1. The van der Waals surface area contributed by atoms with E-state index in [0.717, 1.165) is 5.56 Å². The number of carbonyl (C=O) groups is 1. The molecule has 3 rings (SSSR count). The predicted molar refractivity (Wildman–Crippen MR) is 94.0 cm³/mol. The quantitative estimate of drug-likeness (QED) is 0.700. The van der Waals surface area contributed by atoms with E-state index in [1.807, 2.05) is 19.1 Å². The zero-order chi connectivity index (χ0) is 17.5. The summed E-state index contributed by atoms with van der Waals surface area (Å²) in [5.74, 6) is 0.811. The molecular weight excluding hydrogens is 340 g/mol. The lowest BCUT2D eigenvalue weighted by Crippen LogP contribution is -2.12. The molecule has 0 spiro atoms. The molecular formula is C17H16N4O3S. The fourth-order valence-corrected chi connectivity index (χ4v) is 2.51. The van der Waals surface area contributed by atoms with Crippen LogP contribution in [0.3, 0.4) is 0 Å². The average molecular weight is 356 g/mol. The van der Waals surface area contributed by atoms with Gasteiger partial charge in [0.1, 0.15) is 12.1 Å². The molecule has 0 aliphatic rings. The maximum atomic E-state index is 12.3. The number of aromatic nitrogens is 3. The summed E-state index contributed by atoms with van der Waals surface area (Å²) in [5.41, 5.74) is 3.00. The van der Waals surface area contributed by atoms with Gasteiger partial charge in [-0.1, -0.05) is 11.3 Å². The molecule has 7 nitrogen and oxygen atoms in total. The Kier molecular flexibility index (Phi) is 5.53. The van der Waals surface area contributed by atoms with Crippen molar-refractivity contribution in [3.63, 3.8) is 0 Å². The van der Waals surface area contributed by atoms with Crippen LogP contribution in [0, 0.1) is 0 Å². The molecule has 0 fully saturated rings. The van der Waals surface area contributed by atoms with Gasteiger partial charge in [0.25, 0.3) is 5.91 Å². The second kappa shape index (κ2) is 8.20. The number of rotatable bonds is 7. The van der Waals surface area contributed by atoms with Gasteiger partial charge in [-0.3, -0.25) is 15.1 Å². The molecule has 0 saturated heterocycles. The summed E-state index contributed by atoms with van der Waals surface area (Å²) in [7, 11) is 0. The predicted octanol–water partition coefficient (Wildman–Crippen LogP) is 3.16. The van der Waals surface area contributed by atoms with Crippen molar-refractivity contribution in [2.24, 2.45) is 0 Å². The van der Waals surface area contributed by atoms with Gasteiger partial charge in [-0.25, -0.2) is 0 Å².